The topological polar surface area (TPSA) is 97.1 Å². The number of carbonyl (C=O) groups is 2. The third-order valence-electron chi connectivity index (χ3n) is 4.56. The molecule has 7 heteroatoms. The summed E-state index contributed by atoms with van der Waals surface area (Å²) < 4.78 is 2.18. The van der Waals surface area contributed by atoms with Gasteiger partial charge < -0.3 is 15.0 Å². The van der Waals surface area contributed by atoms with Crippen molar-refractivity contribution in [1.29, 1.82) is 0 Å². The van der Waals surface area contributed by atoms with Crippen molar-refractivity contribution in [3.8, 4) is 11.4 Å². The van der Waals surface area contributed by atoms with Crippen molar-refractivity contribution in [3.63, 3.8) is 0 Å². The molecule has 0 saturated carbocycles. The van der Waals surface area contributed by atoms with E-state index in [4.69, 9.17) is 5.11 Å². The van der Waals surface area contributed by atoms with Crippen LogP contribution in [0.3, 0.4) is 0 Å². The number of anilines is 1. The SMILES string of the molecule is O=C(O)CCCCC(=O)Nc1cccc(-c2nnc3n2CCCCC3)c1. The van der Waals surface area contributed by atoms with Gasteiger partial charge in [-0.3, -0.25) is 9.59 Å². The van der Waals surface area contributed by atoms with Crippen LogP contribution in [-0.2, 0) is 22.6 Å². The third-order valence-corrected chi connectivity index (χ3v) is 4.56. The molecule has 3 rings (SSSR count). The number of rotatable bonds is 7. The summed E-state index contributed by atoms with van der Waals surface area (Å²) in [5, 5.41) is 20.2. The molecule has 2 N–H and O–H groups in total. The predicted octanol–water partition coefficient (Wildman–Crippen LogP) is 3.26. The van der Waals surface area contributed by atoms with Gasteiger partial charge in [-0.15, -0.1) is 10.2 Å². The van der Waals surface area contributed by atoms with Crippen molar-refractivity contribution in [2.45, 2.75) is 57.9 Å². The lowest BCUT2D eigenvalue weighted by Gasteiger charge is -2.09. The third kappa shape index (κ3) is 4.68. The quantitative estimate of drug-likeness (QED) is 0.742. The second-order valence-corrected chi connectivity index (χ2v) is 6.63. The zero-order chi connectivity index (χ0) is 18.4. The molecule has 1 aliphatic heterocycles. The molecule has 2 heterocycles. The summed E-state index contributed by atoms with van der Waals surface area (Å²) in [6.45, 7) is 0.928. The molecule has 0 radical (unpaired) electrons. The molecule has 0 spiro atoms. The number of hydrogen-bond acceptors (Lipinski definition) is 4. The lowest BCUT2D eigenvalue weighted by atomic mass is 10.1. The Kier molecular flexibility index (Phi) is 5.99. The first kappa shape index (κ1) is 18.1. The van der Waals surface area contributed by atoms with Crippen LogP contribution in [-0.4, -0.2) is 31.7 Å². The van der Waals surface area contributed by atoms with Crippen LogP contribution in [0.2, 0.25) is 0 Å². The lowest BCUT2D eigenvalue weighted by molar-refractivity contribution is -0.137. The maximum absolute atomic E-state index is 12.0. The van der Waals surface area contributed by atoms with E-state index in [2.05, 4.69) is 20.1 Å². The average molecular weight is 356 g/mol. The van der Waals surface area contributed by atoms with Gasteiger partial charge in [0.15, 0.2) is 5.82 Å². The maximum Gasteiger partial charge on any atom is 0.303 e. The van der Waals surface area contributed by atoms with E-state index in [1.165, 1.54) is 6.42 Å². The normalized spacial score (nSPS) is 13.7. The van der Waals surface area contributed by atoms with Gasteiger partial charge in [0, 0.05) is 37.1 Å². The number of unbranched alkanes of at least 4 members (excludes halogenated alkanes) is 1. The number of hydrogen-bond donors (Lipinski definition) is 2. The molecular formula is C19H24N4O3. The van der Waals surface area contributed by atoms with Gasteiger partial charge in [0.05, 0.1) is 0 Å². The molecule has 1 amide bonds. The zero-order valence-corrected chi connectivity index (χ0v) is 14.8. The van der Waals surface area contributed by atoms with Crippen LogP contribution in [0.25, 0.3) is 11.4 Å². The molecule has 138 valence electrons. The molecule has 2 aromatic rings. The van der Waals surface area contributed by atoms with Gasteiger partial charge in [0.25, 0.3) is 0 Å². The largest absolute Gasteiger partial charge is 0.481 e. The second kappa shape index (κ2) is 8.60. The second-order valence-electron chi connectivity index (χ2n) is 6.63. The van der Waals surface area contributed by atoms with Crippen molar-refractivity contribution in [2.24, 2.45) is 0 Å². The number of fused-ring (bicyclic) bond motifs is 1. The smallest absolute Gasteiger partial charge is 0.303 e. The number of carbonyl (C=O) groups excluding carboxylic acids is 1. The van der Waals surface area contributed by atoms with Crippen LogP contribution in [0, 0.1) is 0 Å². The minimum absolute atomic E-state index is 0.0980. The molecule has 1 aromatic heterocycles. The van der Waals surface area contributed by atoms with Gasteiger partial charge in [-0.05, 0) is 37.8 Å². The van der Waals surface area contributed by atoms with Crippen molar-refractivity contribution < 1.29 is 14.7 Å². The van der Waals surface area contributed by atoms with Crippen molar-refractivity contribution in [3.05, 3.63) is 30.1 Å². The fourth-order valence-electron chi connectivity index (χ4n) is 3.22. The Labute approximate surface area is 152 Å². The standard InChI is InChI=1S/C19H24N4O3/c24-17(10-3-4-11-18(25)26)20-15-8-6-7-14(13-15)19-22-21-16-9-2-1-5-12-23(16)19/h6-8,13H,1-5,9-12H2,(H,20,24)(H,25,26). The van der Waals surface area contributed by atoms with Crippen LogP contribution in [0.1, 0.15) is 50.8 Å². The lowest BCUT2D eigenvalue weighted by Crippen LogP contribution is -2.11. The van der Waals surface area contributed by atoms with E-state index >= 15 is 0 Å². The van der Waals surface area contributed by atoms with Gasteiger partial charge in [0.2, 0.25) is 5.91 Å². The number of carboxylic acid groups (broad SMARTS) is 1. The number of aryl methyl sites for hydroxylation is 1. The molecular weight excluding hydrogens is 332 g/mol. The Morgan fingerprint density at radius 2 is 1.96 bits per heavy atom. The Morgan fingerprint density at radius 1 is 1.12 bits per heavy atom. The molecule has 0 aliphatic carbocycles. The highest BCUT2D eigenvalue weighted by atomic mass is 16.4. The van der Waals surface area contributed by atoms with E-state index in [0.29, 0.717) is 19.3 Å². The molecule has 1 aromatic carbocycles. The summed E-state index contributed by atoms with van der Waals surface area (Å²) in [7, 11) is 0. The molecule has 0 atom stereocenters. The monoisotopic (exact) mass is 356 g/mol. The number of benzene rings is 1. The Balaban J connectivity index is 1.64. The van der Waals surface area contributed by atoms with Gasteiger partial charge in [-0.1, -0.05) is 18.6 Å². The zero-order valence-electron chi connectivity index (χ0n) is 14.8. The summed E-state index contributed by atoms with van der Waals surface area (Å²) in [6, 6.07) is 7.63. The van der Waals surface area contributed by atoms with Crippen LogP contribution >= 0.6 is 0 Å². The molecule has 0 unspecified atom stereocenters. The summed E-state index contributed by atoms with van der Waals surface area (Å²) in [5.41, 5.74) is 1.66. The van der Waals surface area contributed by atoms with Crippen molar-refractivity contribution in [1.82, 2.24) is 14.8 Å². The molecule has 0 bridgehead atoms. The highest BCUT2D eigenvalue weighted by molar-refractivity contribution is 5.91. The van der Waals surface area contributed by atoms with E-state index in [-0.39, 0.29) is 12.3 Å². The number of aliphatic carboxylic acids is 1. The van der Waals surface area contributed by atoms with Crippen molar-refractivity contribution in [2.75, 3.05) is 5.32 Å². The van der Waals surface area contributed by atoms with E-state index in [1.54, 1.807) is 0 Å². The number of aromatic nitrogens is 3. The first-order valence-corrected chi connectivity index (χ1v) is 9.17. The van der Waals surface area contributed by atoms with Crippen LogP contribution in [0.4, 0.5) is 5.69 Å². The van der Waals surface area contributed by atoms with Crippen molar-refractivity contribution >= 4 is 17.6 Å². The summed E-state index contributed by atoms with van der Waals surface area (Å²) in [5.74, 6) is 0.947. The highest BCUT2D eigenvalue weighted by Gasteiger charge is 2.16. The maximum atomic E-state index is 12.0. The van der Waals surface area contributed by atoms with Gasteiger partial charge in [-0.25, -0.2) is 0 Å². The predicted molar refractivity (Wildman–Crippen MR) is 97.7 cm³/mol. The number of amides is 1. The van der Waals surface area contributed by atoms with Gasteiger partial charge in [-0.2, -0.15) is 0 Å². The van der Waals surface area contributed by atoms with E-state index in [1.807, 2.05) is 24.3 Å². The van der Waals surface area contributed by atoms with E-state index < -0.39 is 5.97 Å². The fourth-order valence-corrected chi connectivity index (χ4v) is 3.22. The highest BCUT2D eigenvalue weighted by Crippen LogP contribution is 2.25. The van der Waals surface area contributed by atoms with E-state index in [0.717, 1.165) is 48.7 Å². The Morgan fingerprint density at radius 3 is 2.81 bits per heavy atom. The number of nitrogens with one attached hydrogen (secondary N) is 1. The van der Waals surface area contributed by atoms with Crippen LogP contribution in [0.5, 0.6) is 0 Å². The number of nitrogens with zero attached hydrogens (tertiary/aromatic N) is 3. The Hall–Kier alpha value is -2.70. The number of carboxylic acids is 1. The molecule has 1 aliphatic rings. The molecule has 0 fully saturated rings. The molecule has 7 nitrogen and oxygen atoms in total. The Bertz CT molecular complexity index is 785. The summed E-state index contributed by atoms with van der Waals surface area (Å²) in [4.78, 5) is 22.5. The minimum atomic E-state index is -0.828. The first-order chi connectivity index (χ1) is 12.6. The van der Waals surface area contributed by atoms with E-state index in [9.17, 15) is 9.59 Å². The minimum Gasteiger partial charge on any atom is -0.481 e. The summed E-state index contributed by atoms with van der Waals surface area (Å²) in [6.07, 6.45) is 5.93. The van der Waals surface area contributed by atoms with Crippen LogP contribution < -0.4 is 5.32 Å². The van der Waals surface area contributed by atoms with Crippen LogP contribution in [0.15, 0.2) is 24.3 Å². The average Bonchev–Trinajstić information content (AvgIpc) is 2.87. The first-order valence-electron chi connectivity index (χ1n) is 9.17. The summed E-state index contributed by atoms with van der Waals surface area (Å²) >= 11 is 0. The molecule has 0 saturated heterocycles. The molecule has 26 heavy (non-hydrogen) atoms. The van der Waals surface area contributed by atoms with Gasteiger partial charge in [0.1, 0.15) is 5.82 Å². The van der Waals surface area contributed by atoms with Gasteiger partial charge >= 0.3 is 5.97 Å². The fraction of sp³-hybridized carbons (Fsp3) is 0.474.